The monoisotopic (exact) mass is 570 g/mol. The number of ether oxygens (including phenoxy) is 6. The molecule has 0 radical (unpaired) electrons. The summed E-state index contributed by atoms with van der Waals surface area (Å²) in [6.45, 7) is 6.67. The highest BCUT2D eigenvalue weighted by Gasteiger charge is 2.22. The number of hydrogen-bond donors (Lipinski definition) is 0. The standard InChI is InChI=1S/C36H42O6/c1(3-27-5-9-33-19-29(7-11-31(33)17-27)21-37-13-15-39-23-35-25-41-35)2-4-28-6-10-34-20-30(8-12-32(34)18-28)22-38-14-16-40-24-36-26-42-36/h5-12,17-20,35-36H,1-4,13-16,21-26H2. The number of hydrogen-bond acceptors (Lipinski definition) is 6. The van der Waals surface area contributed by atoms with Crippen molar-refractivity contribution in [3.8, 4) is 0 Å². The van der Waals surface area contributed by atoms with Crippen molar-refractivity contribution in [1.29, 1.82) is 0 Å². The predicted octanol–water partition coefficient (Wildman–Crippen LogP) is 6.42. The van der Waals surface area contributed by atoms with Crippen LogP contribution < -0.4 is 0 Å². The minimum Gasteiger partial charge on any atom is -0.376 e. The minimum atomic E-state index is 0.310. The Hall–Kier alpha value is -2.84. The summed E-state index contributed by atoms with van der Waals surface area (Å²) >= 11 is 0. The predicted molar refractivity (Wildman–Crippen MR) is 165 cm³/mol. The first-order chi connectivity index (χ1) is 20.8. The van der Waals surface area contributed by atoms with Crippen LogP contribution in [0, 0.1) is 0 Å². The molecule has 2 aliphatic rings. The zero-order valence-electron chi connectivity index (χ0n) is 24.4. The first kappa shape index (κ1) is 29.2. The topological polar surface area (TPSA) is 62.0 Å². The summed E-state index contributed by atoms with van der Waals surface area (Å²) in [5, 5.41) is 5.11. The molecule has 6 rings (SSSR count). The molecule has 0 aromatic heterocycles. The van der Waals surface area contributed by atoms with Crippen molar-refractivity contribution in [3.05, 3.63) is 95.1 Å². The molecule has 2 unspecified atom stereocenters. The molecule has 6 heteroatoms. The summed E-state index contributed by atoms with van der Waals surface area (Å²) in [4.78, 5) is 0. The van der Waals surface area contributed by atoms with Crippen LogP contribution in [0.3, 0.4) is 0 Å². The quantitative estimate of drug-likeness (QED) is 0.0958. The summed E-state index contributed by atoms with van der Waals surface area (Å²) in [6.07, 6.45) is 5.18. The second-order valence-electron chi connectivity index (χ2n) is 11.4. The molecular weight excluding hydrogens is 528 g/mol. The Morgan fingerprint density at radius 1 is 0.476 bits per heavy atom. The maximum atomic E-state index is 5.78. The number of benzene rings is 4. The molecule has 0 N–H and O–H groups in total. The molecule has 4 aromatic rings. The van der Waals surface area contributed by atoms with Gasteiger partial charge in [0.15, 0.2) is 0 Å². The van der Waals surface area contributed by atoms with Crippen LogP contribution in [0.15, 0.2) is 72.8 Å². The van der Waals surface area contributed by atoms with Crippen molar-refractivity contribution in [2.75, 3.05) is 52.9 Å². The van der Waals surface area contributed by atoms with E-state index in [1.54, 1.807) is 0 Å². The first-order valence-electron chi connectivity index (χ1n) is 15.4. The third-order valence-electron chi connectivity index (χ3n) is 7.81. The average Bonchev–Trinajstić information content (AvgIpc) is 3.95. The lowest BCUT2D eigenvalue weighted by molar-refractivity contribution is 0.0353. The van der Waals surface area contributed by atoms with E-state index in [1.807, 2.05) is 0 Å². The molecule has 2 fully saturated rings. The largest absolute Gasteiger partial charge is 0.376 e. The van der Waals surface area contributed by atoms with Crippen molar-refractivity contribution in [1.82, 2.24) is 0 Å². The van der Waals surface area contributed by atoms with E-state index in [0.717, 1.165) is 26.1 Å². The Morgan fingerprint density at radius 2 is 0.833 bits per heavy atom. The molecule has 0 aliphatic carbocycles. The van der Waals surface area contributed by atoms with Crippen molar-refractivity contribution >= 4 is 21.5 Å². The molecule has 0 saturated carbocycles. The fourth-order valence-corrected chi connectivity index (χ4v) is 5.21. The summed E-state index contributed by atoms with van der Waals surface area (Å²) in [5.74, 6) is 0. The SMILES string of the molecule is c1cc2cc(COCCOCC3CO3)ccc2cc1CCCCc1ccc2cc(COCCOCC3CO3)ccc2c1. The highest BCUT2D eigenvalue weighted by molar-refractivity contribution is 5.84. The van der Waals surface area contributed by atoms with Gasteiger partial charge < -0.3 is 28.4 Å². The Labute approximate surface area is 248 Å². The Balaban J connectivity index is 0.894. The zero-order chi connectivity index (χ0) is 28.4. The second-order valence-corrected chi connectivity index (χ2v) is 11.4. The number of fused-ring (bicyclic) bond motifs is 2. The van der Waals surface area contributed by atoms with Crippen LogP contribution >= 0.6 is 0 Å². The molecule has 0 amide bonds. The highest BCUT2D eigenvalue weighted by atomic mass is 16.6. The van der Waals surface area contributed by atoms with E-state index in [1.165, 1.54) is 56.6 Å². The van der Waals surface area contributed by atoms with E-state index in [4.69, 9.17) is 28.4 Å². The Bertz CT molecular complexity index is 1320. The van der Waals surface area contributed by atoms with Gasteiger partial charge in [0, 0.05) is 0 Å². The molecule has 2 heterocycles. The average molecular weight is 571 g/mol. The molecular formula is C36H42O6. The summed E-state index contributed by atoms with van der Waals surface area (Å²) in [6, 6.07) is 26.9. The van der Waals surface area contributed by atoms with Gasteiger partial charge in [-0.3, -0.25) is 0 Å². The lowest BCUT2D eigenvalue weighted by Crippen LogP contribution is -2.08. The van der Waals surface area contributed by atoms with Crippen LogP contribution in [0.4, 0.5) is 0 Å². The van der Waals surface area contributed by atoms with Gasteiger partial charge in [0.05, 0.1) is 66.1 Å². The second kappa shape index (κ2) is 15.1. The maximum absolute atomic E-state index is 5.78. The van der Waals surface area contributed by atoms with E-state index in [2.05, 4.69) is 72.8 Å². The third kappa shape index (κ3) is 9.33. The van der Waals surface area contributed by atoms with Gasteiger partial charge >= 0.3 is 0 Å². The van der Waals surface area contributed by atoms with E-state index < -0.39 is 0 Å². The van der Waals surface area contributed by atoms with E-state index in [0.29, 0.717) is 65.1 Å². The highest BCUT2D eigenvalue weighted by Crippen LogP contribution is 2.22. The summed E-state index contributed by atoms with van der Waals surface area (Å²) in [7, 11) is 0. The van der Waals surface area contributed by atoms with Crippen LogP contribution in [0.25, 0.3) is 21.5 Å². The van der Waals surface area contributed by atoms with Gasteiger partial charge in [-0.2, -0.15) is 0 Å². The van der Waals surface area contributed by atoms with Crippen LogP contribution in [-0.4, -0.2) is 65.1 Å². The van der Waals surface area contributed by atoms with Gasteiger partial charge in [0.2, 0.25) is 0 Å². The van der Waals surface area contributed by atoms with Gasteiger partial charge in [-0.1, -0.05) is 60.7 Å². The molecule has 0 spiro atoms. The van der Waals surface area contributed by atoms with Crippen molar-refractivity contribution < 1.29 is 28.4 Å². The van der Waals surface area contributed by atoms with E-state index in [-0.39, 0.29) is 0 Å². The van der Waals surface area contributed by atoms with E-state index >= 15 is 0 Å². The smallest absolute Gasteiger partial charge is 0.104 e. The summed E-state index contributed by atoms with van der Waals surface area (Å²) in [5.41, 5.74) is 5.20. The Kier molecular flexibility index (Phi) is 10.5. The molecule has 6 nitrogen and oxygen atoms in total. The molecule has 2 atom stereocenters. The number of rotatable bonds is 19. The molecule has 4 aromatic carbocycles. The number of aryl methyl sites for hydroxylation is 2. The van der Waals surface area contributed by atoms with Crippen molar-refractivity contribution in [2.45, 2.75) is 51.1 Å². The fourth-order valence-electron chi connectivity index (χ4n) is 5.21. The molecule has 42 heavy (non-hydrogen) atoms. The van der Waals surface area contributed by atoms with Gasteiger partial charge in [0.25, 0.3) is 0 Å². The fraction of sp³-hybridized carbons (Fsp3) is 0.444. The van der Waals surface area contributed by atoms with Crippen LogP contribution in [-0.2, 0) is 54.5 Å². The molecule has 0 bridgehead atoms. The maximum Gasteiger partial charge on any atom is 0.104 e. The normalized spacial score (nSPS) is 17.7. The molecule has 222 valence electrons. The molecule has 2 saturated heterocycles. The van der Waals surface area contributed by atoms with Gasteiger partial charge in [0.1, 0.15) is 12.2 Å². The lowest BCUT2D eigenvalue weighted by atomic mass is 9.99. The van der Waals surface area contributed by atoms with Crippen LogP contribution in [0.2, 0.25) is 0 Å². The van der Waals surface area contributed by atoms with Crippen LogP contribution in [0.5, 0.6) is 0 Å². The lowest BCUT2D eigenvalue weighted by Gasteiger charge is -2.09. The third-order valence-corrected chi connectivity index (χ3v) is 7.81. The number of unbranched alkanes of at least 4 members (excludes halogenated alkanes) is 1. The molecule has 2 aliphatic heterocycles. The van der Waals surface area contributed by atoms with Crippen LogP contribution in [0.1, 0.15) is 35.1 Å². The van der Waals surface area contributed by atoms with Gasteiger partial charge in [-0.25, -0.2) is 0 Å². The zero-order valence-corrected chi connectivity index (χ0v) is 24.4. The first-order valence-corrected chi connectivity index (χ1v) is 15.4. The van der Waals surface area contributed by atoms with Gasteiger partial charge in [-0.15, -0.1) is 0 Å². The number of epoxide rings is 2. The minimum absolute atomic E-state index is 0.310. The van der Waals surface area contributed by atoms with Crippen molar-refractivity contribution in [3.63, 3.8) is 0 Å². The van der Waals surface area contributed by atoms with E-state index in [9.17, 15) is 0 Å². The van der Waals surface area contributed by atoms with Gasteiger partial charge in [-0.05, 0) is 81.6 Å². The Morgan fingerprint density at radius 3 is 1.24 bits per heavy atom. The van der Waals surface area contributed by atoms with Crippen molar-refractivity contribution in [2.24, 2.45) is 0 Å². The summed E-state index contributed by atoms with van der Waals surface area (Å²) < 4.78 is 32.9.